The standard InChI is InChI=1S/C18H23NO2/c20-18(21)16-12-8-9-13(10-12)17(16)19-15-7-3-5-11-4-1-2-6-14(11)15/h1-2,4,6,12-13,15-17,19H,3,5,7-10H2,(H,20,21). The lowest BCUT2D eigenvalue weighted by Crippen LogP contribution is -2.46. The van der Waals surface area contributed by atoms with Crippen molar-refractivity contribution in [1.82, 2.24) is 5.32 Å². The highest BCUT2D eigenvalue weighted by molar-refractivity contribution is 5.72. The largest absolute Gasteiger partial charge is 0.481 e. The summed E-state index contributed by atoms with van der Waals surface area (Å²) < 4.78 is 0. The van der Waals surface area contributed by atoms with Crippen LogP contribution in [0.5, 0.6) is 0 Å². The van der Waals surface area contributed by atoms with Crippen LogP contribution < -0.4 is 5.32 Å². The number of hydrogen-bond donors (Lipinski definition) is 2. The summed E-state index contributed by atoms with van der Waals surface area (Å²) in [6, 6.07) is 9.18. The molecule has 0 aromatic heterocycles. The number of nitrogens with one attached hydrogen (secondary N) is 1. The van der Waals surface area contributed by atoms with Crippen LogP contribution in [-0.2, 0) is 11.2 Å². The Morgan fingerprint density at radius 3 is 2.81 bits per heavy atom. The number of aliphatic carboxylic acids is 1. The third-order valence-corrected chi connectivity index (χ3v) is 5.96. The maximum absolute atomic E-state index is 11.6. The van der Waals surface area contributed by atoms with Crippen LogP contribution >= 0.6 is 0 Å². The topological polar surface area (TPSA) is 49.3 Å². The molecule has 3 heteroatoms. The van der Waals surface area contributed by atoms with E-state index in [1.165, 1.54) is 24.0 Å². The van der Waals surface area contributed by atoms with Crippen LogP contribution in [-0.4, -0.2) is 17.1 Å². The molecule has 3 aliphatic rings. The van der Waals surface area contributed by atoms with Crippen LogP contribution in [0.1, 0.15) is 49.3 Å². The second kappa shape index (κ2) is 5.13. The molecule has 2 fully saturated rings. The van der Waals surface area contributed by atoms with Crippen molar-refractivity contribution in [3.8, 4) is 0 Å². The highest BCUT2D eigenvalue weighted by Crippen LogP contribution is 2.49. The van der Waals surface area contributed by atoms with E-state index >= 15 is 0 Å². The third-order valence-electron chi connectivity index (χ3n) is 5.96. The predicted molar refractivity (Wildman–Crippen MR) is 81.0 cm³/mol. The van der Waals surface area contributed by atoms with Gasteiger partial charge in [-0.05, 0) is 61.5 Å². The van der Waals surface area contributed by atoms with Gasteiger partial charge >= 0.3 is 5.97 Å². The first-order valence-corrected chi connectivity index (χ1v) is 8.30. The van der Waals surface area contributed by atoms with Gasteiger partial charge in [-0.3, -0.25) is 4.79 Å². The number of benzene rings is 1. The van der Waals surface area contributed by atoms with Gasteiger partial charge in [0.25, 0.3) is 0 Å². The smallest absolute Gasteiger partial charge is 0.308 e. The van der Waals surface area contributed by atoms with Gasteiger partial charge in [0.1, 0.15) is 0 Å². The summed E-state index contributed by atoms with van der Waals surface area (Å²) in [6.07, 6.45) is 6.93. The molecule has 5 atom stereocenters. The maximum atomic E-state index is 11.6. The Kier molecular flexibility index (Phi) is 3.26. The van der Waals surface area contributed by atoms with Crippen LogP contribution in [0.3, 0.4) is 0 Å². The van der Waals surface area contributed by atoms with E-state index < -0.39 is 5.97 Å². The summed E-state index contributed by atoms with van der Waals surface area (Å²) >= 11 is 0. The minimum absolute atomic E-state index is 0.169. The van der Waals surface area contributed by atoms with Crippen molar-refractivity contribution in [2.45, 2.75) is 50.6 Å². The number of hydrogen-bond acceptors (Lipinski definition) is 2. The molecule has 21 heavy (non-hydrogen) atoms. The Hall–Kier alpha value is -1.35. The Morgan fingerprint density at radius 2 is 1.95 bits per heavy atom. The van der Waals surface area contributed by atoms with Crippen molar-refractivity contribution in [3.63, 3.8) is 0 Å². The summed E-state index contributed by atoms with van der Waals surface area (Å²) in [7, 11) is 0. The number of carbonyl (C=O) groups is 1. The third kappa shape index (κ3) is 2.18. The first-order valence-electron chi connectivity index (χ1n) is 8.30. The van der Waals surface area contributed by atoms with Gasteiger partial charge < -0.3 is 10.4 Å². The van der Waals surface area contributed by atoms with Crippen molar-refractivity contribution in [1.29, 1.82) is 0 Å². The lowest BCUT2D eigenvalue weighted by atomic mass is 9.82. The van der Waals surface area contributed by atoms with E-state index in [9.17, 15) is 9.90 Å². The molecule has 0 amide bonds. The number of carboxylic acids is 1. The van der Waals surface area contributed by atoms with Crippen molar-refractivity contribution in [3.05, 3.63) is 35.4 Å². The van der Waals surface area contributed by atoms with E-state index in [2.05, 4.69) is 29.6 Å². The normalized spacial score (nSPS) is 37.4. The molecule has 0 spiro atoms. The van der Waals surface area contributed by atoms with Crippen molar-refractivity contribution in [2.75, 3.05) is 0 Å². The molecule has 0 aliphatic heterocycles. The zero-order chi connectivity index (χ0) is 14.4. The number of carboxylic acid groups (broad SMARTS) is 1. The van der Waals surface area contributed by atoms with Crippen LogP contribution in [0.25, 0.3) is 0 Å². The van der Waals surface area contributed by atoms with Crippen LogP contribution in [0.15, 0.2) is 24.3 Å². The number of aryl methyl sites for hydroxylation is 1. The van der Waals surface area contributed by atoms with E-state index in [0.717, 1.165) is 25.7 Å². The highest BCUT2D eigenvalue weighted by Gasteiger charge is 2.51. The van der Waals surface area contributed by atoms with Gasteiger partial charge in [0.2, 0.25) is 0 Å². The average molecular weight is 285 g/mol. The maximum Gasteiger partial charge on any atom is 0.308 e. The molecule has 2 saturated carbocycles. The van der Waals surface area contributed by atoms with Crippen LogP contribution in [0.4, 0.5) is 0 Å². The summed E-state index contributed by atoms with van der Waals surface area (Å²) in [4.78, 5) is 11.6. The molecule has 1 aromatic carbocycles. The van der Waals surface area contributed by atoms with Crippen LogP contribution in [0.2, 0.25) is 0 Å². The monoisotopic (exact) mass is 285 g/mol. The van der Waals surface area contributed by atoms with Gasteiger partial charge in [0.15, 0.2) is 0 Å². The summed E-state index contributed by atoms with van der Waals surface area (Å²) in [6.45, 7) is 0. The Morgan fingerprint density at radius 1 is 1.14 bits per heavy atom. The van der Waals surface area contributed by atoms with Crippen molar-refractivity contribution in [2.24, 2.45) is 17.8 Å². The first-order chi connectivity index (χ1) is 10.2. The predicted octanol–water partition coefficient (Wildman–Crippen LogP) is 3.15. The minimum Gasteiger partial charge on any atom is -0.481 e. The van der Waals surface area contributed by atoms with Gasteiger partial charge in [-0.15, -0.1) is 0 Å². The van der Waals surface area contributed by atoms with E-state index in [1.807, 2.05) is 0 Å². The Bertz CT molecular complexity index is 556. The highest BCUT2D eigenvalue weighted by atomic mass is 16.4. The first kappa shape index (κ1) is 13.3. The molecule has 3 nitrogen and oxygen atoms in total. The lowest BCUT2D eigenvalue weighted by molar-refractivity contribution is -0.144. The molecule has 1 aromatic rings. The minimum atomic E-state index is -0.594. The molecule has 2 bridgehead atoms. The van der Waals surface area contributed by atoms with E-state index in [0.29, 0.717) is 17.9 Å². The van der Waals surface area contributed by atoms with Gasteiger partial charge in [-0.25, -0.2) is 0 Å². The number of fused-ring (bicyclic) bond motifs is 3. The fraction of sp³-hybridized carbons (Fsp3) is 0.611. The zero-order valence-corrected chi connectivity index (χ0v) is 12.3. The summed E-state index contributed by atoms with van der Waals surface area (Å²) in [5.74, 6) is 0.218. The molecule has 0 heterocycles. The molecule has 0 saturated heterocycles. The summed E-state index contributed by atoms with van der Waals surface area (Å²) in [5.41, 5.74) is 2.84. The van der Waals surface area contributed by atoms with E-state index in [4.69, 9.17) is 0 Å². The fourth-order valence-corrected chi connectivity index (χ4v) is 5.05. The number of rotatable bonds is 3. The van der Waals surface area contributed by atoms with Gasteiger partial charge in [-0.1, -0.05) is 24.3 Å². The lowest BCUT2D eigenvalue weighted by Gasteiger charge is -2.35. The molecule has 3 aliphatic carbocycles. The molecular weight excluding hydrogens is 262 g/mol. The van der Waals surface area contributed by atoms with Gasteiger partial charge in [0.05, 0.1) is 5.92 Å². The molecule has 4 rings (SSSR count). The Balaban J connectivity index is 1.58. The summed E-state index contributed by atoms with van der Waals surface area (Å²) in [5, 5.41) is 13.3. The molecular formula is C18H23NO2. The Labute approximate surface area is 125 Å². The molecule has 5 unspecified atom stereocenters. The van der Waals surface area contributed by atoms with E-state index in [-0.39, 0.29) is 12.0 Å². The quantitative estimate of drug-likeness (QED) is 0.897. The van der Waals surface area contributed by atoms with E-state index in [1.54, 1.807) is 0 Å². The molecule has 0 radical (unpaired) electrons. The fourth-order valence-electron chi connectivity index (χ4n) is 5.05. The second-order valence-electron chi connectivity index (χ2n) is 7.03. The van der Waals surface area contributed by atoms with Crippen molar-refractivity contribution >= 4 is 5.97 Å². The second-order valence-corrected chi connectivity index (χ2v) is 7.03. The van der Waals surface area contributed by atoms with Crippen LogP contribution in [0, 0.1) is 17.8 Å². The van der Waals surface area contributed by atoms with Gasteiger partial charge in [0, 0.05) is 12.1 Å². The average Bonchev–Trinajstić information content (AvgIpc) is 3.08. The molecule has 112 valence electrons. The van der Waals surface area contributed by atoms with Crippen molar-refractivity contribution < 1.29 is 9.90 Å². The molecule has 2 N–H and O–H groups in total. The zero-order valence-electron chi connectivity index (χ0n) is 12.3. The van der Waals surface area contributed by atoms with Gasteiger partial charge in [-0.2, -0.15) is 0 Å². The SMILES string of the molecule is O=C(O)C1C2CCC(C2)C1NC1CCCc2ccccc21.